The lowest BCUT2D eigenvalue weighted by Crippen LogP contribution is -2.43. The zero-order valence-electron chi connectivity index (χ0n) is 15.6. The van der Waals surface area contributed by atoms with Crippen molar-refractivity contribution >= 4 is 17.5 Å². The Labute approximate surface area is 165 Å². The van der Waals surface area contributed by atoms with Gasteiger partial charge in [-0.15, -0.1) is 0 Å². The molecule has 148 valence electrons. The molecular weight excluding hydrogens is 369 g/mol. The van der Waals surface area contributed by atoms with Gasteiger partial charge in [0.15, 0.2) is 0 Å². The number of rotatable bonds is 5. The molecule has 1 aromatic carbocycles. The highest BCUT2D eigenvalue weighted by molar-refractivity contribution is 6.31. The Kier molecular flexibility index (Phi) is 5.69. The fourth-order valence-corrected chi connectivity index (χ4v) is 4.78. The lowest BCUT2D eigenvalue weighted by atomic mass is 9.85. The first-order chi connectivity index (χ1) is 13.1. The summed E-state index contributed by atoms with van der Waals surface area (Å²) < 4.78 is 18.6. The standard InChI is InChI=1S/C20H27ClFN3O2/c21-18-13-17(22)2-1-16(18)14-24-5-3-20(15-24)4-6-25(19(20)26)8-7-23-9-11-27-12-10-23/h1-2,13H,3-12,14-15H2. The van der Waals surface area contributed by atoms with Crippen LogP contribution in [-0.2, 0) is 16.1 Å². The van der Waals surface area contributed by atoms with Gasteiger partial charge in [0, 0.05) is 50.8 Å². The number of amides is 1. The number of hydrogen-bond donors (Lipinski definition) is 0. The summed E-state index contributed by atoms with van der Waals surface area (Å²) in [5.41, 5.74) is 0.682. The topological polar surface area (TPSA) is 36.0 Å². The maximum Gasteiger partial charge on any atom is 0.230 e. The largest absolute Gasteiger partial charge is 0.379 e. The monoisotopic (exact) mass is 395 g/mol. The van der Waals surface area contributed by atoms with Crippen molar-refractivity contribution in [2.45, 2.75) is 19.4 Å². The summed E-state index contributed by atoms with van der Waals surface area (Å²) in [7, 11) is 0. The maximum atomic E-state index is 13.2. The van der Waals surface area contributed by atoms with Crippen LogP contribution in [0.5, 0.6) is 0 Å². The van der Waals surface area contributed by atoms with Gasteiger partial charge >= 0.3 is 0 Å². The Hall–Kier alpha value is -1.21. The average molecular weight is 396 g/mol. The second-order valence-corrected chi connectivity index (χ2v) is 8.38. The second kappa shape index (κ2) is 8.03. The van der Waals surface area contributed by atoms with E-state index in [0.29, 0.717) is 17.5 Å². The zero-order chi connectivity index (χ0) is 18.9. The lowest BCUT2D eigenvalue weighted by molar-refractivity contribution is -0.135. The number of hydrogen-bond acceptors (Lipinski definition) is 4. The molecule has 0 radical (unpaired) electrons. The van der Waals surface area contributed by atoms with Crippen LogP contribution in [0.15, 0.2) is 18.2 Å². The molecule has 0 saturated carbocycles. The lowest BCUT2D eigenvalue weighted by Gasteiger charge is -2.29. The Balaban J connectivity index is 1.32. The smallest absolute Gasteiger partial charge is 0.230 e. The van der Waals surface area contributed by atoms with Crippen LogP contribution in [0.1, 0.15) is 18.4 Å². The molecule has 4 rings (SSSR count). The van der Waals surface area contributed by atoms with Gasteiger partial charge in [0.1, 0.15) is 5.82 Å². The van der Waals surface area contributed by atoms with Gasteiger partial charge in [-0.1, -0.05) is 17.7 Å². The van der Waals surface area contributed by atoms with E-state index in [9.17, 15) is 9.18 Å². The van der Waals surface area contributed by atoms with Gasteiger partial charge in [0.2, 0.25) is 5.91 Å². The first-order valence-corrected chi connectivity index (χ1v) is 10.2. The van der Waals surface area contributed by atoms with Gasteiger partial charge in [-0.05, 0) is 37.1 Å². The third kappa shape index (κ3) is 4.14. The SMILES string of the molecule is O=C1N(CCN2CCOCC2)CCC12CCN(Cc1ccc(F)cc1Cl)C2. The first-order valence-electron chi connectivity index (χ1n) is 9.82. The molecule has 0 aromatic heterocycles. The van der Waals surface area contributed by atoms with Gasteiger partial charge in [-0.25, -0.2) is 4.39 Å². The van der Waals surface area contributed by atoms with Crippen LogP contribution in [0.4, 0.5) is 4.39 Å². The number of ether oxygens (including phenoxy) is 1. The zero-order valence-corrected chi connectivity index (χ0v) is 16.4. The fourth-order valence-electron chi connectivity index (χ4n) is 4.56. The number of morpholine rings is 1. The highest BCUT2D eigenvalue weighted by Gasteiger charge is 2.50. The number of carbonyl (C=O) groups is 1. The van der Waals surface area contributed by atoms with Crippen molar-refractivity contribution in [3.8, 4) is 0 Å². The van der Waals surface area contributed by atoms with Crippen LogP contribution >= 0.6 is 11.6 Å². The minimum Gasteiger partial charge on any atom is -0.379 e. The van der Waals surface area contributed by atoms with Crippen LogP contribution in [0.3, 0.4) is 0 Å². The molecule has 3 heterocycles. The van der Waals surface area contributed by atoms with Gasteiger partial charge in [0.05, 0.1) is 18.6 Å². The molecule has 0 bridgehead atoms. The molecule has 1 aromatic rings. The van der Waals surface area contributed by atoms with Crippen molar-refractivity contribution in [3.05, 3.63) is 34.6 Å². The molecule has 27 heavy (non-hydrogen) atoms. The summed E-state index contributed by atoms with van der Waals surface area (Å²) >= 11 is 6.17. The molecule has 0 N–H and O–H groups in total. The van der Waals surface area contributed by atoms with Gasteiger partial charge in [0.25, 0.3) is 0 Å². The van der Waals surface area contributed by atoms with Crippen LogP contribution in [0.2, 0.25) is 5.02 Å². The van der Waals surface area contributed by atoms with E-state index in [1.165, 1.54) is 12.1 Å². The van der Waals surface area contributed by atoms with Crippen LogP contribution < -0.4 is 0 Å². The third-order valence-corrected chi connectivity index (χ3v) is 6.58. The van der Waals surface area contributed by atoms with E-state index in [1.54, 1.807) is 6.07 Å². The number of benzene rings is 1. The van der Waals surface area contributed by atoms with E-state index in [4.69, 9.17) is 16.3 Å². The number of carbonyl (C=O) groups excluding carboxylic acids is 1. The third-order valence-electron chi connectivity index (χ3n) is 6.23. The predicted octanol–water partition coefficient (Wildman–Crippen LogP) is 2.24. The van der Waals surface area contributed by atoms with Crippen molar-refractivity contribution in [2.75, 3.05) is 59.0 Å². The Bertz CT molecular complexity index is 698. The van der Waals surface area contributed by atoms with Crippen LogP contribution in [-0.4, -0.2) is 79.6 Å². The molecule has 1 atom stereocenters. The molecule has 3 fully saturated rings. The first kappa shape index (κ1) is 19.1. The molecule has 3 saturated heterocycles. The van der Waals surface area contributed by atoms with E-state index in [-0.39, 0.29) is 11.2 Å². The van der Waals surface area contributed by atoms with E-state index < -0.39 is 0 Å². The van der Waals surface area contributed by atoms with Crippen molar-refractivity contribution < 1.29 is 13.9 Å². The fraction of sp³-hybridized carbons (Fsp3) is 0.650. The Morgan fingerprint density at radius 2 is 1.85 bits per heavy atom. The molecular formula is C20H27ClFN3O2. The summed E-state index contributed by atoms with van der Waals surface area (Å²) in [6.07, 6.45) is 1.83. The van der Waals surface area contributed by atoms with Crippen molar-refractivity contribution in [2.24, 2.45) is 5.41 Å². The summed E-state index contributed by atoms with van der Waals surface area (Å²) in [6, 6.07) is 4.55. The Morgan fingerprint density at radius 1 is 1.07 bits per heavy atom. The average Bonchev–Trinajstić information content (AvgIpc) is 3.21. The van der Waals surface area contributed by atoms with Gasteiger partial charge < -0.3 is 9.64 Å². The van der Waals surface area contributed by atoms with E-state index in [2.05, 4.69) is 9.80 Å². The Morgan fingerprint density at radius 3 is 2.63 bits per heavy atom. The molecule has 1 unspecified atom stereocenters. The summed E-state index contributed by atoms with van der Waals surface area (Å²) in [5, 5.41) is 0.459. The summed E-state index contributed by atoms with van der Waals surface area (Å²) in [5.74, 6) is -0.00742. The quantitative estimate of drug-likeness (QED) is 0.766. The molecule has 0 aliphatic carbocycles. The van der Waals surface area contributed by atoms with E-state index in [0.717, 1.165) is 77.4 Å². The van der Waals surface area contributed by atoms with E-state index >= 15 is 0 Å². The van der Waals surface area contributed by atoms with Crippen molar-refractivity contribution in [1.82, 2.24) is 14.7 Å². The van der Waals surface area contributed by atoms with Crippen molar-refractivity contribution in [1.29, 1.82) is 0 Å². The predicted molar refractivity (Wildman–Crippen MR) is 102 cm³/mol. The molecule has 7 heteroatoms. The normalized spacial score (nSPS) is 27.2. The van der Waals surface area contributed by atoms with Gasteiger partial charge in [-0.3, -0.25) is 14.6 Å². The molecule has 1 amide bonds. The summed E-state index contributed by atoms with van der Waals surface area (Å²) in [6.45, 7) is 8.42. The second-order valence-electron chi connectivity index (χ2n) is 7.97. The highest BCUT2D eigenvalue weighted by Crippen LogP contribution is 2.41. The number of likely N-dealkylation sites (tertiary alicyclic amines) is 2. The van der Waals surface area contributed by atoms with Crippen LogP contribution in [0.25, 0.3) is 0 Å². The minimum atomic E-state index is -0.316. The number of halogens is 2. The minimum absolute atomic E-state index is 0.239. The maximum absolute atomic E-state index is 13.2. The number of nitrogens with zero attached hydrogens (tertiary/aromatic N) is 3. The molecule has 3 aliphatic heterocycles. The summed E-state index contributed by atoms with van der Waals surface area (Å²) in [4.78, 5) is 19.8. The van der Waals surface area contributed by atoms with E-state index in [1.807, 2.05) is 4.90 Å². The molecule has 5 nitrogen and oxygen atoms in total. The molecule has 3 aliphatic rings. The molecule has 1 spiro atoms. The van der Waals surface area contributed by atoms with Gasteiger partial charge in [-0.2, -0.15) is 0 Å². The van der Waals surface area contributed by atoms with Crippen LogP contribution in [0, 0.1) is 11.2 Å². The highest BCUT2D eigenvalue weighted by atomic mass is 35.5. The van der Waals surface area contributed by atoms with Crippen molar-refractivity contribution in [3.63, 3.8) is 0 Å².